The zero-order chi connectivity index (χ0) is 30.2. The molecule has 3 aromatic carbocycles. The minimum atomic E-state index is -3.63. The summed E-state index contributed by atoms with van der Waals surface area (Å²) in [7, 11) is -3.63. The highest BCUT2D eigenvalue weighted by Gasteiger charge is 2.31. The van der Waals surface area contributed by atoms with Gasteiger partial charge < -0.3 is 10.2 Å². The van der Waals surface area contributed by atoms with Crippen LogP contribution in [0.25, 0.3) is 0 Å². The van der Waals surface area contributed by atoms with Gasteiger partial charge in [0.2, 0.25) is 21.8 Å². The quantitative estimate of drug-likeness (QED) is 0.239. The fourth-order valence-electron chi connectivity index (χ4n) is 4.57. The number of rotatable bonds is 13. The van der Waals surface area contributed by atoms with Crippen molar-refractivity contribution in [3.05, 3.63) is 99.0 Å². The third-order valence-electron chi connectivity index (χ3n) is 6.63. The third-order valence-corrected chi connectivity index (χ3v) is 8.75. The largest absolute Gasteiger partial charge is 0.352 e. The van der Waals surface area contributed by atoms with Crippen LogP contribution in [0, 0.1) is 6.92 Å². The highest BCUT2D eigenvalue weighted by Crippen LogP contribution is 2.28. The van der Waals surface area contributed by atoms with Crippen LogP contribution in [-0.4, -0.2) is 50.0 Å². The second-order valence-electron chi connectivity index (χ2n) is 10.3. The van der Waals surface area contributed by atoms with Crippen LogP contribution in [0.5, 0.6) is 0 Å². The predicted octanol–water partition coefficient (Wildman–Crippen LogP) is 6.12. The molecule has 0 saturated heterocycles. The van der Waals surface area contributed by atoms with Gasteiger partial charge in [-0.05, 0) is 68.1 Å². The Morgan fingerprint density at radius 1 is 0.951 bits per heavy atom. The van der Waals surface area contributed by atoms with Crippen molar-refractivity contribution < 1.29 is 18.0 Å². The van der Waals surface area contributed by atoms with E-state index in [1.165, 1.54) is 4.31 Å². The molecule has 0 aromatic heterocycles. The minimum Gasteiger partial charge on any atom is -0.352 e. The number of amides is 2. The van der Waals surface area contributed by atoms with Crippen LogP contribution in [0.2, 0.25) is 5.02 Å². The van der Waals surface area contributed by atoms with Crippen molar-refractivity contribution in [3.63, 3.8) is 0 Å². The molecule has 0 aliphatic carbocycles. The molecule has 0 bridgehead atoms. The summed E-state index contributed by atoms with van der Waals surface area (Å²) in [4.78, 5) is 29.0. The molecule has 3 aromatic rings. The number of nitrogens with one attached hydrogen (secondary N) is 1. The van der Waals surface area contributed by atoms with Crippen LogP contribution < -0.4 is 9.62 Å². The molecular weight excluding hydrogens is 626 g/mol. The van der Waals surface area contributed by atoms with Crippen molar-refractivity contribution in [3.8, 4) is 0 Å². The maximum Gasteiger partial charge on any atom is 0.243 e. The fourth-order valence-corrected chi connectivity index (χ4v) is 6.02. The van der Waals surface area contributed by atoms with Gasteiger partial charge in [0.05, 0.1) is 11.9 Å². The summed E-state index contributed by atoms with van der Waals surface area (Å²) in [5, 5.41) is 3.45. The highest BCUT2D eigenvalue weighted by atomic mass is 79.9. The van der Waals surface area contributed by atoms with E-state index >= 15 is 0 Å². The molecule has 41 heavy (non-hydrogen) atoms. The number of hydrogen-bond donors (Lipinski definition) is 1. The Hall–Kier alpha value is -2.88. The molecule has 220 valence electrons. The van der Waals surface area contributed by atoms with Gasteiger partial charge in [-0.3, -0.25) is 13.9 Å². The number of sulfonamides is 1. The molecule has 7 nitrogen and oxygen atoms in total. The van der Waals surface area contributed by atoms with E-state index in [1.807, 2.05) is 68.4 Å². The molecule has 10 heteroatoms. The van der Waals surface area contributed by atoms with Gasteiger partial charge in [-0.25, -0.2) is 8.42 Å². The summed E-state index contributed by atoms with van der Waals surface area (Å²) in [6, 6.07) is 21.5. The second-order valence-corrected chi connectivity index (χ2v) is 13.6. The van der Waals surface area contributed by atoms with Crippen LogP contribution in [0.4, 0.5) is 5.69 Å². The lowest BCUT2D eigenvalue weighted by Crippen LogP contribution is -2.51. The van der Waals surface area contributed by atoms with Gasteiger partial charge in [0, 0.05) is 41.5 Å². The Morgan fingerprint density at radius 2 is 1.61 bits per heavy atom. The first-order chi connectivity index (χ1) is 19.4. The summed E-state index contributed by atoms with van der Waals surface area (Å²) < 4.78 is 27.6. The van der Waals surface area contributed by atoms with E-state index < -0.39 is 16.1 Å². The Bertz CT molecular complexity index is 1430. The van der Waals surface area contributed by atoms with Gasteiger partial charge in [-0.1, -0.05) is 76.1 Å². The van der Waals surface area contributed by atoms with Crippen LogP contribution in [-0.2, 0) is 32.6 Å². The first-order valence-corrected chi connectivity index (χ1v) is 16.5. The van der Waals surface area contributed by atoms with E-state index in [9.17, 15) is 18.0 Å². The number of nitrogens with zero attached hydrogens (tertiary/aromatic N) is 2. The number of benzene rings is 3. The molecule has 0 spiro atoms. The predicted molar refractivity (Wildman–Crippen MR) is 170 cm³/mol. The lowest BCUT2D eigenvalue weighted by atomic mass is 10.0. The summed E-state index contributed by atoms with van der Waals surface area (Å²) in [6.07, 6.45) is 1.81. The smallest absolute Gasteiger partial charge is 0.243 e. The fraction of sp³-hybridized carbons (Fsp3) is 0.355. The summed E-state index contributed by atoms with van der Waals surface area (Å²) in [5.41, 5.74) is 2.95. The number of carbonyl (C=O) groups is 2. The van der Waals surface area contributed by atoms with E-state index in [4.69, 9.17) is 11.6 Å². The molecule has 0 fully saturated rings. The van der Waals surface area contributed by atoms with Crippen molar-refractivity contribution in [2.75, 3.05) is 17.1 Å². The van der Waals surface area contributed by atoms with E-state index in [0.29, 0.717) is 22.7 Å². The molecule has 0 unspecified atom stereocenters. The molecule has 0 heterocycles. The number of halogens is 2. The van der Waals surface area contributed by atoms with Gasteiger partial charge in [0.1, 0.15) is 6.04 Å². The average Bonchev–Trinajstić information content (AvgIpc) is 2.91. The van der Waals surface area contributed by atoms with Crippen LogP contribution in [0.3, 0.4) is 0 Å². The molecule has 2 amide bonds. The molecule has 1 atom stereocenters. The van der Waals surface area contributed by atoms with Gasteiger partial charge in [0.15, 0.2) is 0 Å². The van der Waals surface area contributed by atoms with E-state index in [1.54, 1.807) is 30.0 Å². The number of carbonyl (C=O) groups excluding carboxylic acids is 2. The number of anilines is 1. The van der Waals surface area contributed by atoms with Crippen LogP contribution in [0.15, 0.2) is 77.3 Å². The molecule has 0 aliphatic rings. The Morgan fingerprint density at radius 3 is 2.22 bits per heavy atom. The zero-order valence-electron chi connectivity index (χ0n) is 23.8. The highest BCUT2D eigenvalue weighted by molar-refractivity contribution is 9.10. The minimum absolute atomic E-state index is 0.0579. The van der Waals surface area contributed by atoms with Gasteiger partial charge >= 0.3 is 0 Å². The maximum absolute atomic E-state index is 13.9. The zero-order valence-corrected chi connectivity index (χ0v) is 27.0. The third kappa shape index (κ3) is 9.58. The second kappa shape index (κ2) is 14.8. The van der Waals surface area contributed by atoms with E-state index in [0.717, 1.165) is 21.9 Å². The van der Waals surface area contributed by atoms with Crippen molar-refractivity contribution in [1.29, 1.82) is 0 Å². The van der Waals surface area contributed by atoms with E-state index in [-0.39, 0.29) is 43.8 Å². The Kier molecular flexibility index (Phi) is 11.8. The summed E-state index contributed by atoms with van der Waals surface area (Å²) in [6.45, 7) is 5.87. The first kappa shape index (κ1) is 32.6. The lowest BCUT2D eigenvalue weighted by Gasteiger charge is -2.32. The molecular formula is C31H37BrClN3O4S. The van der Waals surface area contributed by atoms with Crippen LogP contribution in [0.1, 0.15) is 43.4 Å². The van der Waals surface area contributed by atoms with Crippen molar-refractivity contribution in [1.82, 2.24) is 10.2 Å². The lowest BCUT2D eigenvalue weighted by molar-refractivity contribution is -0.141. The van der Waals surface area contributed by atoms with Crippen molar-refractivity contribution in [2.24, 2.45) is 0 Å². The van der Waals surface area contributed by atoms with Crippen molar-refractivity contribution in [2.45, 2.75) is 58.7 Å². The van der Waals surface area contributed by atoms with Gasteiger partial charge in [-0.15, -0.1) is 0 Å². The topological polar surface area (TPSA) is 86.8 Å². The first-order valence-electron chi connectivity index (χ1n) is 13.5. The average molecular weight is 663 g/mol. The molecule has 0 saturated carbocycles. The van der Waals surface area contributed by atoms with E-state index in [2.05, 4.69) is 21.2 Å². The molecule has 0 radical (unpaired) electrons. The Balaban J connectivity index is 1.89. The normalized spacial score (nSPS) is 12.2. The van der Waals surface area contributed by atoms with Gasteiger partial charge in [0.25, 0.3) is 0 Å². The van der Waals surface area contributed by atoms with Gasteiger partial charge in [-0.2, -0.15) is 0 Å². The molecule has 3 rings (SSSR count). The summed E-state index contributed by atoms with van der Waals surface area (Å²) >= 11 is 9.71. The monoisotopic (exact) mass is 661 g/mol. The van der Waals surface area contributed by atoms with Crippen molar-refractivity contribution >= 4 is 55.1 Å². The molecule has 1 N–H and O–H groups in total. The van der Waals surface area contributed by atoms with Crippen LogP contribution >= 0.6 is 27.5 Å². The standard InChI is InChI=1S/C31H37BrClN3O4S/c1-22(2)34-31(38)29(20-24-10-6-5-7-11-24)35(21-25-15-17-26(32)18-16-25)30(37)14-9-19-36(41(4,39)40)28-13-8-12-27(33)23(28)3/h5-8,10-13,15-18,22,29H,9,14,19-21H2,1-4H3,(H,34,38)/t29-/m1/s1. The molecule has 0 aliphatic heterocycles. The SMILES string of the molecule is Cc1c(Cl)cccc1N(CCCC(=O)N(Cc1ccc(Br)cc1)[C@H](Cc1ccccc1)C(=O)NC(C)C)S(C)(=O)=O. The summed E-state index contributed by atoms with van der Waals surface area (Å²) in [5.74, 6) is -0.467. The Labute approximate surface area is 257 Å². The maximum atomic E-state index is 13.9. The number of hydrogen-bond acceptors (Lipinski definition) is 4.